The molecule has 7 atom stereocenters. The number of carbonyl (C=O) groups excluding carboxylic acids is 1. The third kappa shape index (κ3) is 4.56. The summed E-state index contributed by atoms with van der Waals surface area (Å²) in [5.41, 5.74) is 2.28. The van der Waals surface area contributed by atoms with Crippen molar-refractivity contribution in [1.82, 2.24) is 10.2 Å². The lowest BCUT2D eigenvalue weighted by Crippen LogP contribution is -2.63. The van der Waals surface area contributed by atoms with Crippen molar-refractivity contribution >= 4 is 14.2 Å². The average Bonchev–Trinajstić information content (AvgIpc) is 3.19. The highest BCUT2D eigenvalue weighted by Crippen LogP contribution is 2.64. The van der Waals surface area contributed by atoms with E-state index in [2.05, 4.69) is 85.5 Å². The van der Waals surface area contributed by atoms with Gasteiger partial charge < -0.3 is 14.6 Å². The third-order valence-corrected chi connectivity index (χ3v) is 18.3. The molecule has 4 nitrogen and oxygen atoms in total. The second kappa shape index (κ2) is 10.6. The van der Waals surface area contributed by atoms with E-state index in [1.54, 1.807) is 0 Å². The number of carbonyl (C=O) groups is 1. The summed E-state index contributed by atoms with van der Waals surface area (Å²) in [7, 11) is -1.92. The van der Waals surface area contributed by atoms with Gasteiger partial charge in [-0.15, -0.1) is 0 Å². The summed E-state index contributed by atoms with van der Waals surface area (Å²) in [6.45, 7) is 26.4. The number of nitrogens with one attached hydrogen (secondary N) is 1. The van der Waals surface area contributed by atoms with Gasteiger partial charge in [0.05, 0.1) is 5.76 Å². The van der Waals surface area contributed by atoms with Crippen LogP contribution in [0.2, 0.25) is 16.6 Å². The fourth-order valence-electron chi connectivity index (χ4n) is 10.2. The number of piperidine rings is 1. The molecule has 4 rings (SSSR count). The molecule has 3 aliphatic carbocycles. The van der Waals surface area contributed by atoms with Crippen molar-refractivity contribution in [2.24, 2.45) is 34.5 Å². The van der Waals surface area contributed by atoms with Gasteiger partial charge >= 0.3 is 0 Å². The van der Waals surface area contributed by atoms with Crippen LogP contribution in [0.4, 0.5) is 0 Å². The summed E-state index contributed by atoms with van der Waals surface area (Å²) >= 11 is 0. The van der Waals surface area contributed by atoms with Crippen molar-refractivity contribution in [1.29, 1.82) is 0 Å². The molecule has 1 saturated heterocycles. The average molecular weight is 531 g/mol. The first-order valence-corrected chi connectivity index (χ1v) is 17.9. The molecule has 3 fully saturated rings. The molecule has 1 aliphatic heterocycles. The predicted octanol–water partition coefficient (Wildman–Crippen LogP) is 7.76. The number of rotatable bonds is 8. The Labute approximate surface area is 229 Å². The molecule has 0 aromatic carbocycles. The summed E-state index contributed by atoms with van der Waals surface area (Å²) in [4.78, 5) is 15.6. The van der Waals surface area contributed by atoms with E-state index in [0.29, 0.717) is 40.4 Å². The van der Waals surface area contributed by atoms with Gasteiger partial charge in [-0.2, -0.15) is 0 Å². The normalized spacial score (nSPS) is 37.8. The first kappa shape index (κ1) is 29.2. The summed E-state index contributed by atoms with van der Waals surface area (Å²) in [6.07, 6.45) is 9.50. The Hall–Kier alpha value is -0.813. The molecular formula is C32H58N2O2Si. The molecule has 5 heteroatoms. The van der Waals surface area contributed by atoms with Crippen LogP contribution in [0.15, 0.2) is 11.8 Å². The molecule has 1 unspecified atom stereocenters. The van der Waals surface area contributed by atoms with E-state index in [1.807, 2.05) is 0 Å². The lowest BCUT2D eigenvalue weighted by Gasteiger charge is -2.60. The van der Waals surface area contributed by atoms with Crippen LogP contribution in [0.3, 0.4) is 0 Å². The summed E-state index contributed by atoms with van der Waals surface area (Å²) in [5, 5.41) is 4.08. The van der Waals surface area contributed by atoms with Crippen molar-refractivity contribution in [3.63, 3.8) is 0 Å². The predicted molar refractivity (Wildman–Crippen MR) is 158 cm³/mol. The fraction of sp³-hybridized carbons (Fsp3) is 0.906. The largest absolute Gasteiger partial charge is 0.546 e. The van der Waals surface area contributed by atoms with Gasteiger partial charge in [0.2, 0.25) is 5.91 Å². The molecule has 0 spiro atoms. The van der Waals surface area contributed by atoms with Gasteiger partial charge in [-0.25, -0.2) is 0 Å². The summed E-state index contributed by atoms with van der Waals surface area (Å²) in [5.74, 6) is 4.04. The van der Waals surface area contributed by atoms with Gasteiger partial charge in [0, 0.05) is 31.5 Å². The van der Waals surface area contributed by atoms with Gasteiger partial charge in [0.25, 0.3) is 8.32 Å². The number of hydrogen-bond donors (Lipinski definition) is 1. The van der Waals surface area contributed by atoms with E-state index in [4.69, 9.17) is 4.43 Å². The molecule has 1 N–H and O–H groups in total. The minimum absolute atomic E-state index is 0.168. The number of nitrogens with zero attached hydrogens (tertiary/aromatic N) is 1. The van der Waals surface area contributed by atoms with Crippen LogP contribution in [0.1, 0.15) is 108 Å². The van der Waals surface area contributed by atoms with Gasteiger partial charge in [-0.05, 0) is 104 Å². The lowest BCUT2D eigenvalue weighted by molar-refractivity contribution is -0.143. The Morgan fingerprint density at radius 1 is 1.00 bits per heavy atom. The summed E-state index contributed by atoms with van der Waals surface area (Å²) < 4.78 is 7.18. The SMILES string of the molecule is CCN(CC)C(=O)[C@H]1CC[C@H]2[C@@H]3CNC4CC(O[Si](C(C)C)(C(C)C)C(C)C)=CC[C@]4(C)[C@H]3CC[C@]12C. The summed E-state index contributed by atoms with van der Waals surface area (Å²) in [6, 6.07) is 0.505. The second-order valence-electron chi connectivity index (χ2n) is 14.5. The number of amides is 1. The molecule has 1 heterocycles. The first-order chi connectivity index (χ1) is 17.4. The van der Waals surface area contributed by atoms with Gasteiger partial charge in [0.1, 0.15) is 0 Å². The van der Waals surface area contributed by atoms with E-state index in [-0.39, 0.29) is 16.7 Å². The van der Waals surface area contributed by atoms with Gasteiger partial charge in [-0.1, -0.05) is 55.4 Å². The fourth-order valence-corrected chi connectivity index (χ4v) is 15.5. The van der Waals surface area contributed by atoms with Crippen molar-refractivity contribution in [3.8, 4) is 0 Å². The molecule has 1 amide bonds. The Kier molecular flexibility index (Phi) is 8.39. The van der Waals surface area contributed by atoms with Crippen molar-refractivity contribution in [2.45, 2.75) is 130 Å². The Bertz CT molecular complexity index is 843. The Balaban J connectivity index is 1.54. The third-order valence-electron chi connectivity index (χ3n) is 12.2. The number of hydrogen-bond acceptors (Lipinski definition) is 3. The van der Waals surface area contributed by atoms with E-state index in [1.165, 1.54) is 25.0 Å². The van der Waals surface area contributed by atoms with Gasteiger partial charge in [0.15, 0.2) is 0 Å². The number of fused-ring (bicyclic) bond motifs is 5. The maximum Gasteiger partial charge on any atom is 0.258 e. The Morgan fingerprint density at radius 2 is 1.59 bits per heavy atom. The van der Waals surface area contributed by atoms with E-state index in [9.17, 15) is 4.79 Å². The molecule has 4 aliphatic rings. The zero-order valence-corrected chi connectivity index (χ0v) is 26.8. The molecule has 0 aromatic heterocycles. The van der Waals surface area contributed by atoms with Crippen molar-refractivity contribution in [2.75, 3.05) is 19.6 Å². The molecule has 0 radical (unpaired) electrons. The zero-order valence-electron chi connectivity index (χ0n) is 25.8. The quantitative estimate of drug-likeness (QED) is 0.326. The molecular weight excluding hydrogens is 472 g/mol. The smallest absolute Gasteiger partial charge is 0.258 e. The van der Waals surface area contributed by atoms with Crippen LogP contribution in [-0.2, 0) is 9.22 Å². The topological polar surface area (TPSA) is 41.6 Å². The highest BCUT2D eigenvalue weighted by atomic mass is 28.4. The minimum Gasteiger partial charge on any atom is -0.546 e. The molecule has 2 saturated carbocycles. The minimum atomic E-state index is -1.92. The van der Waals surface area contributed by atoms with Crippen LogP contribution in [0, 0.1) is 34.5 Å². The maximum atomic E-state index is 13.5. The Morgan fingerprint density at radius 3 is 2.16 bits per heavy atom. The zero-order chi connectivity index (χ0) is 27.3. The van der Waals surface area contributed by atoms with Crippen LogP contribution in [0.5, 0.6) is 0 Å². The van der Waals surface area contributed by atoms with Crippen molar-refractivity contribution in [3.05, 3.63) is 11.8 Å². The standard InChI is InChI=1S/C32H58N2O2Si/c1-11-34(12-2)30(35)28-14-13-26-25-20-33-29-19-24(36-37(21(3)4,22(5)6)23(7)8)15-17-32(29,10)27(25)16-18-31(26,28)9/h15,21-23,25-29,33H,11-14,16-20H2,1-10H3/t25-,26-,27-,28+,29?,31-,32+/m0/s1. The highest BCUT2D eigenvalue weighted by molar-refractivity contribution is 6.77. The van der Waals surface area contributed by atoms with E-state index >= 15 is 0 Å². The molecule has 0 aromatic rings. The van der Waals surface area contributed by atoms with Crippen LogP contribution in [0.25, 0.3) is 0 Å². The lowest BCUT2D eigenvalue weighted by atomic mass is 9.49. The first-order valence-electron chi connectivity index (χ1n) is 15.8. The second-order valence-corrected chi connectivity index (χ2v) is 19.9. The van der Waals surface area contributed by atoms with Crippen LogP contribution < -0.4 is 5.32 Å². The monoisotopic (exact) mass is 530 g/mol. The van der Waals surface area contributed by atoms with Crippen LogP contribution >= 0.6 is 0 Å². The van der Waals surface area contributed by atoms with E-state index < -0.39 is 8.32 Å². The maximum absolute atomic E-state index is 13.5. The molecule has 0 bridgehead atoms. The number of allylic oxidation sites excluding steroid dienone is 1. The van der Waals surface area contributed by atoms with Crippen LogP contribution in [-0.4, -0.2) is 44.8 Å². The van der Waals surface area contributed by atoms with Crippen molar-refractivity contribution < 1.29 is 9.22 Å². The van der Waals surface area contributed by atoms with Gasteiger partial charge in [-0.3, -0.25) is 4.79 Å². The highest BCUT2D eigenvalue weighted by Gasteiger charge is 2.61. The molecule has 37 heavy (non-hydrogen) atoms. The van der Waals surface area contributed by atoms with E-state index in [0.717, 1.165) is 44.8 Å². The molecule has 212 valence electrons.